The van der Waals surface area contributed by atoms with Gasteiger partial charge in [0.1, 0.15) is 0 Å². The standard InChI is InChI=1S/C23H25F6NO4S/c1-14(2)13-34-21(22(24,25)26,23(27,28)29)18-8-10-19(11-9-18)30-20(31)12-16-4-6-17(7-5-16)15(3)35(32)33/h4-11,14-15H,12-13H2,1-3H3,(H,30,31)(H,32,33)/p-1. The lowest BCUT2D eigenvalue weighted by Crippen LogP contribution is -2.56. The minimum atomic E-state index is -5.78. The maximum absolute atomic E-state index is 13.7. The number of anilines is 1. The summed E-state index contributed by atoms with van der Waals surface area (Å²) in [5, 5.41) is 1.68. The molecule has 2 rings (SSSR count). The quantitative estimate of drug-likeness (QED) is 0.332. The molecule has 0 radical (unpaired) electrons. The fourth-order valence-electron chi connectivity index (χ4n) is 3.22. The van der Waals surface area contributed by atoms with Crippen LogP contribution in [0.1, 0.15) is 42.7 Å². The van der Waals surface area contributed by atoms with Crippen LogP contribution in [0.5, 0.6) is 0 Å². The van der Waals surface area contributed by atoms with E-state index in [1.165, 1.54) is 20.8 Å². The van der Waals surface area contributed by atoms with Crippen molar-refractivity contribution in [1.82, 2.24) is 0 Å². The molecule has 0 heterocycles. The number of alkyl halides is 6. The minimum absolute atomic E-state index is 0.00662. The monoisotopic (exact) mass is 524 g/mol. The normalized spacial score (nSPS) is 14.6. The number of hydrogen-bond acceptors (Lipinski definition) is 4. The van der Waals surface area contributed by atoms with Crippen molar-refractivity contribution in [1.29, 1.82) is 0 Å². The second-order valence-corrected chi connectivity index (χ2v) is 9.56. The van der Waals surface area contributed by atoms with Crippen molar-refractivity contribution in [3.63, 3.8) is 0 Å². The summed E-state index contributed by atoms with van der Waals surface area (Å²) in [6.45, 7) is 3.57. The first-order chi connectivity index (χ1) is 16.1. The summed E-state index contributed by atoms with van der Waals surface area (Å²) in [6.07, 6.45) is -11.7. The van der Waals surface area contributed by atoms with E-state index in [1.807, 2.05) is 0 Å². The molecule has 0 saturated heterocycles. The van der Waals surface area contributed by atoms with Crippen molar-refractivity contribution in [3.05, 3.63) is 65.2 Å². The smallest absolute Gasteiger partial charge is 0.430 e. The zero-order chi connectivity index (χ0) is 26.6. The minimum Gasteiger partial charge on any atom is -0.772 e. The van der Waals surface area contributed by atoms with Crippen LogP contribution in [0.4, 0.5) is 32.0 Å². The first-order valence-corrected chi connectivity index (χ1v) is 11.6. The van der Waals surface area contributed by atoms with Crippen LogP contribution in [0.2, 0.25) is 0 Å². The Morgan fingerprint density at radius 3 is 1.89 bits per heavy atom. The van der Waals surface area contributed by atoms with Gasteiger partial charge < -0.3 is 14.6 Å². The van der Waals surface area contributed by atoms with E-state index in [2.05, 4.69) is 10.1 Å². The first kappa shape index (κ1) is 28.8. The average Bonchev–Trinajstić information content (AvgIpc) is 2.73. The molecule has 35 heavy (non-hydrogen) atoms. The molecule has 2 aromatic rings. The van der Waals surface area contributed by atoms with Crippen LogP contribution in [0.3, 0.4) is 0 Å². The van der Waals surface area contributed by atoms with Crippen molar-refractivity contribution in [3.8, 4) is 0 Å². The van der Waals surface area contributed by atoms with Gasteiger partial charge in [0.25, 0.3) is 5.60 Å². The van der Waals surface area contributed by atoms with Crippen molar-refractivity contribution >= 4 is 22.7 Å². The molecule has 194 valence electrons. The highest BCUT2D eigenvalue weighted by Crippen LogP contribution is 2.53. The molecule has 5 nitrogen and oxygen atoms in total. The summed E-state index contributed by atoms with van der Waals surface area (Å²) >= 11 is -2.31. The van der Waals surface area contributed by atoms with E-state index in [9.17, 15) is 39.9 Å². The Balaban J connectivity index is 2.21. The largest absolute Gasteiger partial charge is 0.772 e. The molecule has 0 aliphatic rings. The number of carbonyl (C=O) groups is 1. The van der Waals surface area contributed by atoms with Gasteiger partial charge in [-0.1, -0.05) is 50.2 Å². The number of nitrogens with one attached hydrogen (secondary N) is 1. The number of hydrogen-bond donors (Lipinski definition) is 1. The van der Waals surface area contributed by atoms with Crippen LogP contribution in [-0.2, 0) is 32.6 Å². The van der Waals surface area contributed by atoms with Gasteiger partial charge in [-0.2, -0.15) is 26.3 Å². The van der Waals surface area contributed by atoms with E-state index in [0.717, 1.165) is 12.1 Å². The Morgan fingerprint density at radius 1 is 0.943 bits per heavy atom. The number of rotatable bonds is 9. The number of halogens is 6. The lowest BCUT2D eigenvalue weighted by Gasteiger charge is -2.38. The second kappa shape index (κ2) is 11.1. The number of ether oxygens (including phenoxy) is 1. The third-order valence-electron chi connectivity index (χ3n) is 5.11. The van der Waals surface area contributed by atoms with Crippen LogP contribution in [-0.4, -0.2) is 33.6 Å². The molecule has 2 unspecified atom stereocenters. The first-order valence-electron chi connectivity index (χ1n) is 10.4. The van der Waals surface area contributed by atoms with Crippen molar-refractivity contribution in [2.75, 3.05) is 11.9 Å². The van der Waals surface area contributed by atoms with Gasteiger partial charge in [0.15, 0.2) is 0 Å². The van der Waals surface area contributed by atoms with Crippen LogP contribution in [0.15, 0.2) is 48.5 Å². The van der Waals surface area contributed by atoms with E-state index in [0.29, 0.717) is 23.3 Å². The zero-order valence-electron chi connectivity index (χ0n) is 19.0. The Kier molecular flexibility index (Phi) is 9.12. The predicted molar refractivity (Wildman–Crippen MR) is 117 cm³/mol. The van der Waals surface area contributed by atoms with Crippen LogP contribution < -0.4 is 5.32 Å². The SMILES string of the molecule is CC(C)COC(c1ccc(NC(=O)Cc2ccc(C(C)S(=O)[O-])cc2)cc1)(C(F)(F)F)C(F)(F)F. The predicted octanol–water partition coefficient (Wildman–Crippen LogP) is 5.80. The fraction of sp³-hybridized carbons (Fsp3) is 0.435. The number of amides is 1. The third kappa shape index (κ3) is 6.83. The molecule has 0 saturated carbocycles. The Hall–Kier alpha value is -2.44. The maximum Gasteiger partial charge on any atom is 0.430 e. The van der Waals surface area contributed by atoms with Crippen LogP contribution >= 0.6 is 0 Å². The van der Waals surface area contributed by atoms with Crippen LogP contribution in [0, 0.1) is 5.92 Å². The van der Waals surface area contributed by atoms with Gasteiger partial charge in [0, 0.05) is 16.5 Å². The molecule has 1 amide bonds. The molecule has 0 bridgehead atoms. The van der Waals surface area contributed by atoms with Gasteiger partial charge >= 0.3 is 12.4 Å². The fourth-order valence-corrected chi connectivity index (χ4v) is 3.60. The van der Waals surface area contributed by atoms with E-state index in [1.54, 1.807) is 24.3 Å². The van der Waals surface area contributed by atoms with Crippen molar-refractivity contribution in [2.24, 2.45) is 5.92 Å². The molecule has 0 spiro atoms. The lowest BCUT2D eigenvalue weighted by atomic mass is 9.91. The average molecular weight is 525 g/mol. The van der Waals surface area contributed by atoms with Gasteiger partial charge in [0.2, 0.25) is 5.91 Å². The molecular weight excluding hydrogens is 500 g/mol. The zero-order valence-corrected chi connectivity index (χ0v) is 19.8. The van der Waals surface area contributed by atoms with Crippen molar-refractivity contribution in [2.45, 2.75) is 50.4 Å². The number of benzene rings is 2. The molecule has 12 heteroatoms. The van der Waals surface area contributed by atoms with E-state index in [4.69, 9.17) is 0 Å². The molecular formula is C23H24F6NO4S-. The summed E-state index contributed by atoms with van der Waals surface area (Å²) in [5.74, 6) is -1.16. The Labute approximate surface area is 201 Å². The highest BCUT2D eigenvalue weighted by atomic mass is 32.2. The number of carbonyl (C=O) groups excluding carboxylic acids is 1. The van der Waals surface area contributed by atoms with E-state index < -0.39 is 58.3 Å². The van der Waals surface area contributed by atoms with Gasteiger partial charge in [-0.25, -0.2) is 0 Å². The summed E-state index contributed by atoms with van der Waals surface area (Å²) in [5.41, 5.74) is -4.62. The van der Waals surface area contributed by atoms with Gasteiger partial charge in [0.05, 0.1) is 13.0 Å². The van der Waals surface area contributed by atoms with Gasteiger partial charge in [-0.3, -0.25) is 9.00 Å². The molecule has 0 aliphatic heterocycles. The highest BCUT2D eigenvalue weighted by molar-refractivity contribution is 7.79. The Bertz CT molecular complexity index is 1010. The molecule has 1 N–H and O–H groups in total. The van der Waals surface area contributed by atoms with Crippen LogP contribution in [0.25, 0.3) is 0 Å². The topological polar surface area (TPSA) is 78.5 Å². The van der Waals surface area contributed by atoms with Gasteiger partial charge in [-0.15, -0.1) is 0 Å². The summed E-state index contributed by atoms with van der Waals surface area (Å²) in [4.78, 5) is 12.3. The van der Waals surface area contributed by atoms with E-state index >= 15 is 0 Å². The maximum atomic E-state index is 13.7. The highest BCUT2D eigenvalue weighted by Gasteiger charge is 2.73. The molecule has 2 aromatic carbocycles. The Morgan fingerprint density at radius 2 is 1.46 bits per heavy atom. The third-order valence-corrected chi connectivity index (χ3v) is 5.96. The molecule has 0 fully saturated rings. The lowest BCUT2D eigenvalue weighted by molar-refractivity contribution is -0.391. The summed E-state index contributed by atoms with van der Waals surface area (Å²) in [6, 6.07) is 9.31. The van der Waals surface area contributed by atoms with Crippen molar-refractivity contribution < 1.29 is 44.6 Å². The molecule has 0 aliphatic carbocycles. The van der Waals surface area contributed by atoms with E-state index in [-0.39, 0.29) is 12.1 Å². The summed E-state index contributed by atoms with van der Waals surface area (Å²) in [7, 11) is 0. The molecule has 2 atom stereocenters. The molecule has 0 aromatic heterocycles. The van der Waals surface area contributed by atoms with Gasteiger partial charge in [-0.05, 0) is 47.2 Å². The second-order valence-electron chi connectivity index (χ2n) is 8.33. The summed E-state index contributed by atoms with van der Waals surface area (Å²) < 4.78 is 109.